The average molecular weight is 303 g/mol. The Labute approximate surface area is 120 Å². The van der Waals surface area contributed by atoms with Crippen molar-refractivity contribution in [2.75, 3.05) is 20.6 Å². The van der Waals surface area contributed by atoms with E-state index in [4.69, 9.17) is 12.2 Å². The van der Waals surface area contributed by atoms with Crippen molar-refractivity contribution < 1.29 is 13.2 Å². The van der Waals surface area contributed by atoms with Crippen LogP contribution < -0.4 is 0 Å². The molecule has 1 N–H and O–H groups in total. The lowest BCUT2D eigenvalue weighted by atomic mass is 10.2. The summed E-state index contributed by atoms with van der Waals surface area (Å²) in [6.07, 6.45) is -3.45. The molecule has 20 heavy (non-hydrogen) atoms. The Hall–Kier alpha value is -1.34. The number of nitrogens with one attached hydrogen (secondary N) is 1. The van der Waals surface area contributed by atoms with E-state index in [1.54, 1.807) is 0 Å². The quantitative estimate of drug-likeness (QED) is 0.871. The summed E-state index contributed by atoms with van der Waals surface area (Å²) >= 11 is 5.18. The molecule has 1 aromatic heterocycles. The van der Waals surface area contributed by atoms with Gasteiger partial charge < -0.3 is 14.5 Å². The van der Waals surface area contributed by atoms with Crippen molar-refractivity contribution in [2.45, 2.75) is 19.1 Å². The van der Waals surface area contributed by atoms with Gasteiger partial charge >= 0.3 is 6.18 Å². The lowest BCUT2D eigenvalue weighted by Crippen LogP contribution is -2.15. The minimum Gasteiger partial charge on any atom is -0.331 e. The number of alkyl halides is 3. The summed E-state index contributed by atoms with van der Waals surface area (Å²) in [6.45, 7) is 1.58. The number of benzene rings is 1. The highest BCUT2D eigenvalue weighted by Gasteiger charge is 2.30. The number of aromatic amines is 1. The van der Waals surface area contributed by atoms with Gasteiger partial charge in [-0.05, 0) is 57.5 Å². The van der Waals surface area contributed by atoms with Crippen LogP contribution in [0.3, 0.4) is 0 Å². The Morgan fingerprint density at radius 3 is 2.60 bits per heavy atom. The lowest BCUT2D eigenvalue weighted by molar-refractivity contribution is -0.137. The molecule has 3 nitrogen and oxygen atoms in total. The molecule has 1 aromatic carbocycles. The van der Waals surface area contributed by atoms with E-state index in [2.05, 4.69) is 9.88 Å². The molecule has 0 unspecified atom stereocenters. The van der Waals surface area contributed by atoms with Crippen LogP contribution in [0.1, 0.15) is 12.0 Å². The average Bonchev–Trinajstić information content (AvgIpc) is 2.63. The largest absolute Gasteiger partial charge is 0.416 e. The van der Waals surface area contributed by atoms with E-state index in [1.165, 1.54) is 6.07 Å². The maximum atomic E-state index is 12.7. The summed E-state index contributed by atoms with van der Waals surface area (Å²) in [5.74, 6) is 0. The van der Waals surface area contributed by atoms with Gasteiger partial charge in [0.25, 0.3) is 0 Å². The molecule has 0 bridgehead atoms. The summed E-state index contributed by atoms with van der Waals surface area (Å²) in [5.41, 5.74) is 0.470. The molecule has 0 amide bonds. The van der Waals surface area contributed by atoms with E-state index in [0.717, 1.165) is 25.1 Å². The van der Waals surface area contributed by atoms with Crippen LogP contribution in [0.15, 0.2) is 18.2 Å². The zero-order valence-corrected chi connectivity index (χ0v) is 12.1. The fourth-order valence-electron chi connectivity index (χ4n) is 2.11. The minimum atomic E-state index is -4.34. The molecule has 0 aliphatic heterocycles. The van der Waals surface area contributed by atoms with Gasteiger partial charge in [-0.2, -0.15) is 13.2 Å². The van der Waals surface area contributed by atoms with Gasteiger partial charge in [-0.25, -0.2) is 0 Å². The third kappa shape index (κ3) is 3.21. The van der Waals surface area contributed by atoms with Gasteiger partial charge in [-0.3, -0.25) is 0 Å². The molecule has 0 aliphatic carbocycles. The second-order valence-electron chi connectivity index (χ2n) is 4.97. The number of hydrogen-bond acceptors (Lipinski definition) is 2. The highest BCUT2D eigenvalue weighted by Crippen LogP contribution is 2.31. The Bertz CT molecular complexity index is 655. The minimum absolute atomic E-state index is 0.426. The first kappa shape index (κ1) is 15.1. The fraction of sp³-hybridized carbons (Fsp3) is 0.462. The molecule has 0 saturated heterocycles. The maximum absolute atomic E-state index is 12.7. The van der Waals surface area contributed by atoms with Crippen molar-refractivity contribution in [3.63, 3.8) is 0 Å². The third-order valence-electron chi connectivity index (χ3n) is 3.09. The molecule has 0 spiro atoms. The second-order valence-corrected chi connectivity index (χ2v) is 5.36. The molecular weight excluding hydrogens is 287 g/mol. The Balaban J connectivity index is 2.33. The van der Waals surface area contributed by atoms with Crippen LogP contribution in [-0.2, 0) is 12.7 Å². The van der Waals surface area contributed by atoms with Crippen molar-refractivity contribution in [1.29, 1.82) is 0 Å². The van der Waals surface area contributed by atoms with Crippen LogP contribution in [0.25, 0.3) is 11.0 Å². The molecule has 110 valence electrons. The van der Waals surface area contributed by atoms with Crippen molar-refractivity contribution in [1.82, 2.24) is 14.5 Å². The Morgan fingerprint density at radius 1 is 1.30 bits per heavy atom. The number of hydrogen-bond donors (Lipinski definition) is 1. The monoisotopic (exact) mass is 303 g/mol. The SMILES string of the molecule is CN(C)CCCn1c(=S)[nH]c2cc(C(F)(F)F)ccc21. The van der Waals surface area contributed by atoms with E-state index in [-0.39, 0.29) is 0 Å². The van der Waals surface area contributed by atoms with Gasteiger partial charge in [0.2, 0.25) is 0 Å². The molecule has 0 radical (unpaired) electrons. The van der Waals surface area contributed by atoms with Gasteiger partial charge in [0, 0.05) is 6.54 Å². The van der Waals surface area contributed by atoms with Gasteiger partial charge in [-0.1, -0.05) is 0 Å². The van der Waals surface area contributed by atoms with Crippen molar-refractivity contribution in [3.8, 4) is 0 Å². The first-order chi connectivity index (χ1) is 9.29. The van der Waals surface area contributed by atoms with E-state index < -0.39 is 11.7 Å². The molecule has 0 aliphatic rings. The smallest absolute Gasteiger partial charge is 0.331 e. The van der Waals surface area contributed by atoms with E-state index in [0.29, 0.717) is 22.3 Å². The number of rotatable bonds is 4. The van der Waals surface area contributed by atoms with Crippen molar-refractivity contribution in [2.24, 2.45) is 0 Å². The summed E-state index contributed by atoms with van der Waals surface area (Å²) in [5, 5.41) is 0. The molecule has 2 aromatic rings. The molecular formula is C13H16F3N3S. The van der Waals surface area contributed by atoms with Crippen molar-refractivity contribution in [3.05, 3.63) is 28.5 Å². The van der Waals surface area contributed by atoms with Crippen LogP contribution >= 0.6 is 12.2 Å². The Kier molecular flexibility index (Phi) is 4.19. The van der Waals surface area contributed by atoms with E-state index in [1.807, 2.05) is 18.7 Å². The molecule has 0 fully saturated rings. The second kappa shape index (κ2) is 5.57. The number of aromatic nitrogens is 2. The van der Waals surface area contributed by atoms with E-state index >= 15 is 0 Å². The molecule has 2 rings (SSSR count). The predicted molar refractivity (Wildman–Crippen MR) is 75.3 cm³/mol. The predicted octanol–water partition coefficient (Wildman–Crippen LogP) is 3.67. The van der Waals surface area contributed by atoms with Gasteiger partial charge in [0.15, 0.2) is 4.77 Å². The number of nitrogens with zero attached hydrogens (tertiary/aromatic N) is 2. The maximum Gasteiger partial charge on any atom is 0.416 e. The Morgan fingerprint density at radius 2 is 2.00 bits per heavy atom. The normalized spacial score (nSPS) is 12.5. The van der Waals surface area contributed by atoms with Gasteiger partial charge in [-0.15, -0.1) is 0 Å². The molecule has 7 heteroatoms. The number of halogens is 3. The topological polar surface area (TPSA) is 24.0 Å². The summed E-state index contributed by atoms with van der Waals surface area (Å²) in [4.78, 5) is 4.90. The first-order valence-electron chi connectivity index (χ1n) is 6.23. The fourth-order valence-corrected chi connectivity index (χ4v) is 2.41. The van der Waals surface area contributed by atoms with Crippen LogP contribution in [0.4, 0.5) is 13.2 Å². The zero-order chi connectivity index (χ0) is 14.9. The number of aryl methyl sites for hydroxylation is 1. The first-order valence-corrected chi connectivity index (χ1v) is 6.64. The molecule has 1 heterocycles. The molecule has 0 atom stereocenters. The number of fused-ring (bicyclic) bond motifs is 1. The highest BCUT2D eigenvalue weighted by atomic mass is 32.1. The summed E-state index contributed by atoms with van der Waals surface area (Å²) in [7, 11) is 3.95. The van der Waals surface area contributed by atoms with E-state index in [9.17, 15) is 13.2 Å². The zero-order valence-electron chi connectivity index (χ0n) is 11.3. The van der Waals surface area contributed by atoms with Gasteiger partial charge in [0.1, 0.15) is 0 Å². The summed E-state index contributed by atoms with van der Waals surface area (Å²) < 4.78 is 40.3. The highest BCUT2D eigenvalue weighted by molar-refractivity contribution is 7.71. The number of imidazole rings is 1. The van der Waals surface area contributed by atoms with Gasteiger partial charge in [0.05, 0.1) is 16.6 Å². The van der Waals surface area contributed by atoms with Crippen molar-refractivity contribution >= 4 is 23.3 Å². The molecule has 0 saturated carbocycles. The van der Waals surface area contributed by atoms with Crippen LogP contribution in [0.5, 0.6) is 0 Å². The van der Waals surface area contributed by atoms with Crippen LogP contribution in [-0.4, -0.2) is 35.1 Å². The standard InChI is InChI=1S/C13H16F3N3S/c1-18(2)6-3-7-19-11-5-4-9(13(14,15)16)8-10(11)17-12(19)20/h4-5,8H,3,6-7H2,1-2H3,(H,17,20). The van der Waals surface area contributed by atoms with Crippen LogP contribution in [0, 0.1) is 4.77 Å². The lowest BCUT2D eigenvalue weighted by Gasteiger charge is -2.10. The third-order valence-corrected chi connectivity index (χ3v) is 3.41. The summed E-state index contributed by atoms with van der Waals surface area (Å²) in [6, 6.07) is 3.67. The van der Waals surface area contributed by atoms with Crippen LogP contribution in [0.2, 0.25) is 0 Å². The number of H-pyrrole nitrogens is 1.